The van der Waals surface area contributed by atoms with Crippen LogP contribution in [0.3, 0.4) is 0 Å². The van der Waals surface area contributed by atoms with Crippen molar-refractivity contribution in [2.24, 2.45) is 5.92 Å². The third-order valence-corrected chi connectivity index (χ3v) is 5.50. The summed E-state index contributed by atoms with van der Waals surface area (Å²) in [5.41, 5.74) is 1.67. The van der Waals surface area contributed by atoms with Crippen LogP contribution in [0.4, 0.5) is 17.5 Å². The molecule has 0 radical (unpaired) electrons. The first-order valence-corrected chi connectivity index (χ1v) is 10.3. The van der Waals surface area contributed by atoms with Gasteiger partial charge in [-0.3, -0.25) is 0 Å². The first-order valence-electron chi connectivity index (χ1n) is 9.94. The molecule has 1 aromatic carbocycles. The summed E-state index contributed by atoms with van der Waals surface area (Å²) in [5, 5.41) is 11.4. The van der Waals surface area contributed by atoms with Crippen molar-refractivity contribution >= 4 is 29.1 Å². The minimum atomic E-state index is 0.464. The Labute approximate surface area is 175 Å². The lowest BCUT2D eigenvalue weighted by Gasteiger charge is -2.22. The molecule has 0 atom stereocenters. The van der Waals surface area contributed by atoms with Crippen molar-refractivity contribution in [2.75, 3.05) is 24.3 Å². The van der Waals surface area contributed by atoms with Gasteiger partial charge in [-0.15, -0.1) is 0 Å². The zero-order valence-corrected chi connectivity index (χ0v) is 17.2. The summed E-state index contributed by atoms with van der Waals surface area (Å²) in [6.45, 7) is 0.887. The van der Waals surface area contributed by atoms with E-state index >= 15 is 0 Å². The van der Waals surface area contributed by atoms with Crippen LogP contribution < -0.4 is 15.4 Å². The quantitative estimate of drug-likeness (QED) is 0.564. The van der Waals surface area contributed by atoms with E-state index in [0.717, 1.165) is 17.9 Å². The molecule has 29 heavy (non-hydrogen) atoms. The molecule has 0 amide bonds. The first kappa shape index (κ1) is 19.5. The third-order valence-electron chi connectivity index (χ3n) is 5.23. The molecule has 2 heterocycles. The fourth-order valence-corrected chi connectivity index (χ4v) is 3.81. The number of rotatable bonds is 7. The summed E-state index contributed by atoms with van der Waals surface area (Å²) >= 11 is 6.30. The lowest BCUT2D eigenvalue weighted by Crippen LogP contribution is -2.18. The maximum absolute atomic E-state index is 6.30. The van der Waals surface area contributed by atoms with E-state index in [0.29, 0.717) is 28.5 Å². The second-order valence-electron chi connectivity index (χ2n) is 7.24. The number of benzene rings is 1. The Bertz CT molecular complexity index is 940. The van der Waals surface area contributed by atoms with E-state index in [9.17, 15) is 0 Å². The van der Waals surface area contributed by atoms with Gasteiger partial charge in [-0.1, -0.05) is 30.9 Å². The van der Waals surface area contributed by atoms with Gasteiger partial charge >= 0.3 is 0 Å². The molecule has 152 valence electrons. The zero-order valence-electron chi connectivity index (χ0n) is 16.4. The van der Waals surface area contributed by atoms with Crippen molar-refractivity contribution in [1.29, 1.82) is 0 Å². The lowest BCUT2D eigenvalue weighted by molar-refractivity contribution is 0.373. The first-order chi connectivity index (χ1) is 14.2. The molecule has 0 saturated heterocycles. The SMILES string of the molecule is COc1cc(-n2cccn2)ccc1Nc1ncc(Cl)c(NCC2CCCCC2)n1. The van der Waals surface area contributed by atoms with E-state index in [2.05, 4.69) is 25.7 Å². The fraction of sp³-hybridized carbons (Fsp3) is 0.381. The van der Waals surface area contributed by atoms with Crippen molar-refractivity contribution in [2.45, 2.75) is 32.1 Å². The molecule has 0 spiro atoms. The minimum absolute atomic E-state index is 0.464. The van der Waals surface area contributed by atoms with E-state index in [1.807, 2.05) is 30.5 Å². The Hall–Kier alpha value is -2.80. The van der Waals surface area contributed by atoms with Crippen LogP contribution in [0.15, 0.2) is 42.9 Å². The summed E-state index contributed by atoms with van der Waals surface area (Å²) in [6.07, 6.45) is 11.7. The van der Waals surface area contributed by atoms with E-state index in [1.54, 1.807) is 24.2 Å². The maximum Gasteiger partial charge on any atom is 0.229 e. The molecule has 0 aliphatic heterocycles. The number of halogens is 1. The Balaban J connectivity index is 1.48. The molecule has 0 bridgehead atoms. The molecule has 7 nitrogen and oxygen atoms in total. The van der Waals surface area contributed by atoms with Crippen LogP contribution in [0.5, 0.6) is 5.75 Å². The van der Waals surface area contributed by atoms with Gasteiger partial charge in [0.2, 0.25) is 5.95 Å². The number of hydrogen-bond acceptors (Lipinski definition) is 6. The third kappa shape index (κ3) is 4.79. The van der Waals surface area contributed by atoms with Crippen LogP contribution in [-0.4, -0.2) is 33.4 Å². The monoisotopic (exact) mass is 412 g/mol. The zero-order chi connectivity index (χ0) is 20.1. The van der Waals surface area contributed by atoms with Gasteiger partial charge in [0.1, 0.15) is 10.8 Å². The summed E-state index contributed by atoms with van der Waals surface area (Å²) in [7, 11) is 1.63. The van der Waals surface area contributed by atoms with Gasteiger partial charge < -0.3 is 15.4 Å². The topological polar surface area (TPSA) is 76.9 Å². The number of methoxy groups -OCH3 is 1. The predicted molar refractivity (Wildman–Crippen MR) is 116 cm³/mol. The Kier molecular flexibility index (Phi) is 6.14. The van der Waals surface area contributed by atoms with Gasteiger partial charge in [-0.25, -0.2) is 9.67 Å². The number of anilines is 3. The standard InChI is InChI=1S/C21H25ClN6O/c1-29-19-12-16(28-11-5-10-25-28)8-9-18(19)26-21-24-14-17(22)20(27-21)23-13-15-6-3-2-4-7-15/h5,8-12,14-15H,2-4,6-7,13H2,1H3,(H2,23,24,26,27). The lowest BCUT2D eigenvalue weighted by atomic mass is 9.89. The molecule has 1 aliphatic rings. The average Bonchev–Trinajstić information content (AvgIpc) is 3.30. The van der Waals surface area contributed by atoms with Gasteiger partial charge in [0, 0.05) is 25.0 Å². The van der Waals surface area contributed by atoms with E-state index in [-0.39, 0.29) is 0 Å². The van der Waals surface area contributed by atoms with Crippen LogP contribution in [0.2, 0.25) is 5.02 Å². The molecule has 4 rings (SSSR count). The van der Waals surface area contributed by atoms with Crippen molar-refractivity contribution in [1.82, 2.24) is 19.7 Å². The maximum atomic E-state index is 6.30. The van der Waals surface area contributed by atoms with E-state index in [1.165, 1.54) is 32.1 Å². The molecular weight excluding hydrogens is 388 g/mol. The predicted octanol–water partition coefficient (Wildman–Crippen LogP) is 5.06. The summed E-state index contributed by atoms with van der Waals surface area (Å²) < 4.78 is 7.31. The second-order valence-corrected chi connectivity index (χ2v) is 7.64. The molecule has 1 saturated carbocycles. The molecule has 1 fully saturated rings. The van der Waals surface area contributed by atoms with Crippen LogP contribution in [0.1, 0.15) is 32.1 Å². The second kappa shape index (κ2) is 9.13. The average molecular weight is 413 g/mol. The van der Waals surface area contributed by atoms with E-state index in [4.69, 9.17) is 16.3 Å². The van der Waals surface area contributed by atoms with Gasteiger partial charge in [0.05, 0.1) is 24.7 Å². The molecule has 2 aromatic heterocycles. The minimum Gasteiger partial charge on any atom is -0.494 e. The summed E-state index contributed by atoms with van der Waals surface area (Å²) in [4.78, 5) is 8.87. The molecule has 1 aliphatic carbocycles. The number of nitrogens with zero attached hydrogens (tertiary/aromatic N) is 4. The number of nitrogens with one attached hydrogen (secondary N) is 2. The fourth-order valence-electron chi connectivity index (χ4n) is 3.65. The molecule has 8 heteroatoms. The largest absolute Gasteiger partial charge is 0.494 e. The van der Waals surface area contributed by atoms with Crippen molar-refractivity contribution in [3.05, 3.63) is 47.9 Å². The van der Waals surface area contributed by atoms with Gasteiger partial charge in [0.25, 0.3) is 0 Å². The molecule has 2 N–H and O–H groups in total. The Morgan fingerprint density at radius 2 is 2.10 bits per heavy atom. The highest BCUT2D eigenvalue weighted by Gasteiger charge is 2.15. The van der Waals surface area contributed by atoms with Crippen LogP contribution in [0.25, 0.3) is 5.69 Å². The van der Waals surface area contributed by atoms with Gasteiger partial charge in [-0.05, 0) is 37.0 Å². The van der Waals surface area contributed by atoms with Crippen LogP contribution in [-0.2, 0) is 0 Å². The van der Waals surface area contributed by atoms with Crippen LogP contribution >= 0.6 is 11.6 Å². The number of hydrogen-bond donors (Lipinski definition) is 2. The Morgan fingerprint density at radius 1 is 1.24 bits per heavy atom. The highest BCUT2D eigenvalue weighted by Crippen LogP contribution is 2.30. The van der Waals surface area contributed by atoms with Crippen molar-refractivity contribution < 1.29 is 4.74 Å². The summed E-state index contributed by atoms with van der Waals surface area (Å²) in [6, 6.07) is 7.66. The summed E-state index contributed by atoms with van der Waals surface area (Å²) in [5.74, 6) is 2.47. The van der Waals surface area contributed by atoms with E-state index < -0.39 is 0 Å². The van der Waals surface area contributed by atoms with Crippen LogP contribution in [0, 0.1) is 5.92 Å². The van der Waals surface area contributed by atoms with Gasteiger partial charge in [0.15, 0.2) is 5.82 Å². The number of ether oxygens (including phenoxy) is 1. The highest BCUT2D eigenvalue weighted by atomic mass is 35.5. The smallest absolute Gasteiger partial charge is 0.229 e. The van der Waals surface area contributed by atoms with Crippen molar-refractivity contribution in [3.8, 4) is 11.4 Å². The molecular formula is C21H25ClN6O. The molecule has 3 aromatic rings. The van der Waals surface area contributed by atoms with Gasteiger partial charge in [-0.2, -0.15) is 10.1 Å². The number of aromatic nitrogens is 4. The highest BCUT2D eigenvalue weighted by molar-refractivity contribution is 6.32. The van der Waals surface area contributed by atoms with Crippen molar-refractivity contribution in [3.63, 3.8) is 0 Å². The normalized spacial score (nSPS) is 14.6. The Morgan fingerprint density at radius 3 is 2.86 bits per heavy atom. The molecule has 0 unspecified atom stereocenters.